The van der Waals surface area contributed by atoms with Crippen molar-refractivity contribution in [3.63, 3.8) is 0 Å². The number of morpholine rings is 1. The zero-order valence-electron chi connectivity index (χ0n) is 11.5. The lowest BCUT2D eigenvalue weighted by molar-refractivity contribution is 0.0313. The maximum Gasteiger partial charge on any atom is 0.337 e. The van der Waals surface area contributed by atoms with E-state index in [1.807, 2.05) is 6.92 Å². The van der Waals surface area contributed by atoms with E-state index in [1.165, 1.54) is 4.31 Å². The summed E-state index contributed by atoms with van der Waals surface area (Å²) in [6, 6.07) is 2.26. The number of halogens is 1. The average Bonchev–Trinajstić information content (AvgIpc) is 2.46. The molecule has 0 aliphatic carbocycles. The van der Waals surface area contributed by atoms with Crippen LogP contribution in [0.15, 0.2) is 23.1 Å². The maximum atomic E-state index is 13.4. The largest absolute Gasteiger partial charge is 0.478 e. The number of carbonyl (C=O) groups is 1. The molecule has 1 saturated heterocycles. The number of benzene rings is 1. The minimum absolute atomic E-state index is 0.121. The van der Waals surface area contributed by atoms with Gasteiger partial charge in [0.2, 0.25) is 10.0 Å². The fourth-order valence-corrected chi connectivity index (χ4v) is 4.15. The topological polar surface area (TPSA) is 83.9 Å². The number of nitrogens with zero attached hydrogens (tertiary/aromatic N) is 1. The standard InChI is InChI=1S/C13H16FNO5S/c1-2-10-8-20-6-5-15(10)21(18,19)12-7-9(14)3-4-11(12)13(16)17/h3-4,7,10H,2,5-6,8H2,1H3,(H,16,17). The number of ether oxygens (including phenoxy) is 1. The first-order valence-electron chi connectivity index (χ1n) is 6.50. The van der Waals surface area contributed by atoms with E-state index in [0.29, 0.717) is 6.42 Å². The van der Waals surface area contributed by atoms with E-state index in [9.17, 15) is 17.6 Å². The van der Waals surface area contributed by atoms with Gasteiger partial charge in [0.15, 0.2) is 0 Å². The summed E-state index contributed by atoms with van der Waals surface area (Å²) in [7, 11) is -4.09. The summed E-state index contributed by atoms with van der Waals surface area (Å²) in [6.45, 7) is 2.41. The minimum atomic E-state index is -4.09. The van der Waals surface area contributed by atoms with Crippen molar-refractivity contribution in [3.8, 4) is 0 Å². The lowest BCUT2D eigenvalue weighted by atomic mass is 10.2. The number of sulfonamides is 1. The smallest absolute Gasteiger partial charge is 0.337 e. The molecule has 8 heteroatoms. The highest BCUT2D eigenvalue weighted by Crippen LogP contribution is 2.25. The van der Waals surface area contributed by atoms with Crippen molar-refractivity contribution in [1.29, 1.82) is 0 Å². The Morgan fingerprint density at radius 3 is 2.86 bits per heavy atom. The molecule has 0 bridgehead atoms. The second kappa shape index (κ2) is 6.08. The predicted octanol–water partition coefficient (Wildman–Crippen LogP) is 1.32. The molecule has 1 fully saturated rings. The summed E-state index contributed by atoms with van der Waals surface area (Å²) >= 11 is 0. The Balaban J connectivity index is 2.53. The molecule has 0 amide bonds. The van der Waals surface area contributed by atoms with Crippen molar-refractivity contribution in [2.24, 2.45) is 0 Å². The fourth-order valence-electron chi connectivity index (χ4n) is 2.29. The number of hydrogen-bond acceptors (Lipinski definition) is 4. The van der Waals surface area contributed by atoms with Crippen molar-refractivity contribution in [2.45, 2.75) is 24.3 Å². The third-order valence-electron chi connectivity index (χ3n) is 3.41. The summed E-state index contributed by atoms with van der Waals surface area (Å²) in [5, 5.41) is 9.11. The van der Waals surface area contributed by atoms with Gasteiger partial charge in [-0.2, -0.15) is 4.31 Å². The molecule has 1 N–H and O–H groups in total. The third-order valence-corrected chi connectivity index (χ3v) is 5.40. The number of rotatable bonds is 4. The Morgan fingerprint density at radius 2 is 2.24 bits per heavy atom. The van der Waals surface area contributed by atoms with E-state index >= 15 is 0 Å². The second-order valence-corrected chi connectivity index (χ2v) is 6.56. The molecular weight excluding hydrogens is 301 g/mol. The van der Waals surface area contributed by atoms with Gasteiger partial charge in [-0.05, 0) is 24.6 Å². The molecule has 0 radical (unpaired) electrons. The zero-order chi connectivity index (χ0) is 15.6. The van der Waals surface area contributed by atoms with Gasteiger partial charge < -0.3 is 9.84 Å². The normalized spacial score (nSPS) is 20.4. The maximum absolute atomic E-state index is 13.4. The minimum Gasteiger partial charge on any atom is -0.478 e. The van der Waals surface area contributed by atoms with Crippen LogP contribution in [0.3, 0.4) is 0 Å². The van der Waals surface area contributed by atoms with Gasteiger partial charge in [0.1, 0.15) is 5.82 Å². The van der Waals surface area contributed by atoms with Gasteiger partial charge in [-0.1, -0.05) is 6.92 Å². The van der Waals surface area contributed by atoms with E-state index in [4.69, 9.17) is 9.84 Å². The molecule has 0 aromatic heterocycles. The zero-order valence-corrected chi connectivity index (χ0v) is 12.3. The molecule has 0 spiro atoms. The van der Waals surface area contributed by atoms with Crippen LogP contribution in [0.1, 0.15) is 23.7 Å². The van der Waals surface area contributed by atoms with Crippen molar-refractivity contribution < 1.29 is 27.4 Å². The summed E-state index contributed by atoms with van der Waals surface area (Å²) in [5.74, 6) is -2.20. The molecule has 1 atom stereocenters. The van der Waals surface area contributed by atoms with Gasteiger partial charge in [0.25, 0.3) is 0 Å². The summed E-state index contributed by atoms with van der Waals surface area (Å²) < 4.78 is 45.2. The van der Waals surface area contributed by atoms with Crippen molar-refractivity contribution in [2.75, 3.05) is 19.8 Å². The first kappa shape index (κ1) is 15.9. The Labute approximate surface area is 122 Å². The molecule has 6 nitrogen and oxygen atoms in total. The van der Waals surface area contributed by atoms with Gasteiger partial charge in [-0.3, -0.25) is 0 Å². The Morgan fingerprint density at radius 1 is 1.52 bits per heavy atom. The monoisotopic (exact) mass is 317 g/mol. The lowest BCUT2D eigenvalue weighted by Crippen LogP contribution is -2.48. The fraction of sp³-hybridized carbons (Fsp3) is 0.462. The number of carboxylic acids is 1. The summed E-state index contributed by atoms with van der Waals surface area (Å²) in [6.07, 6.45) is 0.525. The van der Waals surface area contributed by atoms with Crippen LogP contribution < -0.4 is 0 Å². The average molecular weight is 317 g/mol. The van der Waals surface area contributed by atoms with Crippen LogP contribution in [0.4, 0.5) is 4.39 Å². The molecule has 1 unspecified atom stereocenters. The van der Waals surface area contributed by atoms with Crippen LogP contribution in [0, 0.1) is 5.82 Å². The molecule has 1 aromatic carbocycles. The van der Waals surface area contributed by atoms with Crippen LogP contribution in [-0.4, -0.2) is 49.6 Å². The van der Waals surface area contributed by atoms with Crippen molar-refractivity contribution in [3.05, 3.63) is 29.6 Å². The Hall–Kier alpha value is -1.51. The van der Waals surface area contributed by atoms with E-state index in [-0.39, 0.29) is 25.8 Å². The van der Waals surface area contributed by atoms with Gasteiger partial charge in [-0.25, -0.2) is 17.6 Å². The van der Waals surface area contributed by atoms with E-state index in [2.05, 4.69) is 0 Å². The van der Waals surface area contributed by atoms with E-state index < -0.39 is 32.3 Å². The molecule has 1 aliphatic heterocycles. The molecule has 1 aliphatic rings. The summed E-state index contributed by atoms with van der Waals surface area (Å²) in [5.41, 5.74) is -0.433. The lowest BCUT2D eigenvalue weighted by Gasteiger charge is -2.34. The molecule has 1 heterocycles. The molecule has 1 aromatic rings. The first-order chi connectivity index (χ1) is 9.87. The van der Waals surface area contributed by atoms with E-state index in [0.717, 1.165) is 18.2 Å². The van der Waals surface area contributed by atoms with Crippen LogP contribution in [-0.2, 0) is 14.8 Å². The summed E-state index contributed by atoms with van der Waals surface area (Å²) in [4.78, 5) is 10.7. The van der Waals surface area contributed by atoms with E-state index in [1.54, 1.807) is 0 Å². The highest BCUT2D eigenvalue weighted by atomic mass is 32.2. The number of aromatic carboxylic acids is 1. The number of hydrogen-bond donors (Lipinski definition) is 1. The molecular formula is C13H16FNO5S. The Kier molecular flexibility index (Phi) is 4.60. The van der Waals surface area contributed by atoms with Crippen molar-refractivity contribution in [1.82, 2.24) is 4.31 Å². The van der Waals surface area contributed by atoms with Crippen LogP contribution >= 0.6 is 0 Å². The number of carboxylic acid groups (broad SMARTS) is 1. The highest BCUT2D eigenvalue weighted by Gasteiger charge is 2.35. The van der Waals surface area contributed by atoms with Gasteiger partial charge in [-0.15, -0.1) is 0 Å². The molecule has 21 heavy (non-hydrogen) atoms. The van der Waals surface area contributed by atoms with Crippen LogP contribution in [0.5, 0.6) is 0 Å². The molecule has 0 saturated carbocycles. The van der Waals surface area contributed by atoms with Gasteiger partial charge in [0, 0.05) is 12.6 Å². The molecule has 2 rings (SSSR count). The SMILES string of the molecule is CCC1COCCN1S(=O)(=O)c1cc(F)ccc1C(=O)O. The third kappa shape index (κ3) is 3.07. The van der Waals surface area contributed by atoms with Crippen LogP contribution in [0.2, 0.25) is 0 Å². The first-order valence-corrected chi connectivity index (χ1v) is 7.94. The second-order valence-electron chi connectivity index (χ2n) is 4.70. The Bertz CT molecular complexity index is 646. The van der Waals surface area contributed by atoms with Crippen molar-refractivity contribution >= 4 is 16.0 Å². The van der Waals surface area contributed by atoms with Gasteiger partial charge in [0.05, 0.1) is 23.7 Å². The predicted molar refractivity (Wildman–Crippen MR) is 72.1 cm³/mol. The quantitative estimate of drug-likeness (QED) is 0.905. The highest BCUT2D eigenvalue weighted by molar-refractivity contribution is 7.89. The van der Waals surface area contributed by atoms with Gasteiger partial charge >= 0.3 is 5.97 Å². The molecule has 116 valence electrons. The van der Waals surface area contributed by atoms with Crippen LogP contribution in [0.25, 0.3) is 0 Å².